The number of nitriles is 1. The van der Waals surface area contributed by atoms with Crippen molar-refractivity contribution in [2.75, 3.05) is 0 Å². The van der Waals surface area contributed by atoms with Crippen LogP contribution < -0.4 is 5.32 Å². The molecule has 1 heterocycles. The molecule has 2 aromatic rings. The van der Waals surface area contributed by atoms with Crippen molar-refractivity contribution >= 4 is 22.9 Å². The van der Waals surface area contributed by atoms with E-state index in [2.05, 4.69) is 31.3 Å². The van der Waals surface area contributed by atoms with Gasteiger partial charge in [0, 0.05) is 22.5 Å². The van der Waals surface area contributed by atoms with Gasteiger partial charge in [0.15, 0.2) is 0 Å². The number of thiophene rings is 1. The van der Waals surface area contributed by atoms with Gasteiger partial charge in [-0.15, -0.1) is 11.3 Å². The normalized spacial score (nSPS) is 10.7. The summed E-state index contributed by atoms with van der Waals surface area (Å²) in [5.74, 6) is 0. The molecule has 0 aliphatic carbocycles. The molecule has 0 saturated carbocycles. The van der Waals surface area contributed by atoms with Gasteiger partial charge in [-0.2, -0.15) is 5.26 Å². The summed E-state index contributed by atoms with van der Waals surface area (Å²) in [5.41, 5.74) is 2.19. The van der Waals surface area contributed by atoms with E-state index in [0.29, 0.717) is 6.04 Å². The van der Waals surface area contributed by atoms with Crippen molar-refractivity contribution in [1.29, 1.82) is 5.26 Å². The van der Waals surface area contributed by atoms with Crippen LogP contribution >= 0.6 is 22.9 Å². The van der Waals surface area contributed by atoms with Crippen LogP contribution in [0.5, 0.6) is 0 Å². The second-order valence-electron chi connectivity index (χ2n) is 4.62. The molecule has 0 amide bonds. The Labute approximate surface area is 122 Å². The predicted octanol–water partition coefficient (Wildman–Crippen LogP) is 4.44. The third-order valence-corrected chi connectivity index (χ3v) is 4.15. The lowest BCUT2D eigenvalue weighted by Crippen LogP contribution is -2.21. The lowest BCUT2D eigenvalue weighted by atomic mass is 10.1. The summed E-state index contributed by atoms with van der Waals surface area (Å²) in [7, 11) is 0. The van der Waals surface area contributed by atoms with Gasteiger partial charge in [-0.1, -0.05) is 31.5 Å². The lowest BCUT2D eigenvalue weighted by Gasteiger charge is -2.10. The van der Waals surface area contributed by atoms with E-state index in [9.17, 15) is 0 Å². The molecule has 0 fully saturated rings. The SMILES string of the molecule is CC(C)NCc1cc(-c2ccc(C#N)s2)ccc1Cl. The number of nitrogens with zero attached hydrogens (tertiary/aromatic N) is 1. The maximum absolute atomic E-state index is 8.87. The van der Waals surface area contributed by atoms with E-state index in [0.717, 1.165) is 32.4 Å². The topological polar surface area (TPSA) is 35.8 Å². The summed E-state index contributed by atoms with van der Waals surface area (Å²) in [4.78, 5) is 1.82. The van der Waals surface area contributed by atoms with Crippen LogP contribution in [0.15, 0.2) is 30.3 Å². The molecule has 0 spiro atoms. The molecule has 0 saturated heterocycles. The predicted molar refractivity (Wildman–Crippen MR) is 81.5 cm³/mol. The molecule has 98 valence electrons. The highest BCUT2D eigenvalue weighted by molar-refractivity contribution is 7.16. The summed E-state index contributed by atoms with van der Waals surface area (Å²) in [6, 6.07) is 12.4. The Morgan fingerprint density at radius 1 is 1.32 bits per heavy atom. The van der Waals surface area contributed by atoms with Crippen molar-refractivity contribution in [2.24, 2.45) is 0 Å². The molecule has 0 aliphatic rings. The lowest BCUT2D eigenvalue weighted by molar-refractivity contribution is 0.589. The zero-order valence-corrected chi connectivity index (χ0v) is 12.5. The highest BCUT2D eigenvalue weighted by atomic mass is 35.5. The number of benzene rings is 1. The van der Waals surface area contributed by atoms with Crippen LogP contribution in [-0.2, 0) is 6.54 Å². The van der Waals surface area contributed by atoms with E-state index < -0.39 is 0 Å². The molecule has 1 aromatic carbocycles. The van der Waals surface area contributed by atoms with Crippen molar-refractivity contribution in [3.8, 4) is 16.5 Å². The first-order valence-electron chi connectivity index (χ1n) is 6.12. The molecular weight excluding hydrogens is 276 g/mol. The van der Waals surface area contributed by atoms with Crippen molar-refractivity contribution < 1.29 is 0 Å². The fraction of sp³-hybridized carbons (Fsp3) is 0.267. The fourth-order valence-corrected chi connectivity index (χ4v) is 2.71. The standard InChI is InChI=1S/C15H15ClN2S/c1-10(2)18-9-12-7-11(3-5-14(12)16)15-6-4-13(8-17)19-15/h3-7,10,18H,9H2,1-2H3. The Morgan fingerprint density at radius 3 is 2.74 bits per heavy atom. The first-order chi connectivity index (χ1) is 9.10. The van der Waals surface area contributed by atoms with Gasteiger partial charge in [0.05, 0.1) is 0 Å². The minimum Gasteiger partial charge on any atom is -0.310 e. The molecule has 19 heavy (non-hydrogen) atoms. The number of hydrogen-bond acceptors (Lipinski definition) is 3. The van der Waals surface area contributed by atoms with E-state index in [1.807, 2.05) is 24.3 Å². The van der Waals surface area contributed by atoms with E-state index in [-0.39, 0.29) is 0 Å². The molecule has 4 heteroatoms. The molecular formula is C15H15ClN2S. The van der Waals surface area contributed by atoms with Gasteiger partial charge < -0.3 is 5.32 Å². The Kier molecular flexibility index (Phi) is 4.60. The summed E-state index contributed by atoms with van der Waals surface area (Å²) in [6.07, 6.45) is 0. The van der Waals surface area contributed by atoms with Crippen LogP contribution in [0.1, 0.15) is 24.3 Å². The quantitative estimate of drug-likeness (QED) is 0.904. The Balaban J connectivity index is 2.27. The maximum atomic E-state index is 8.87. The average Bonchev–Trinajstić information content (AvgIpc) is 2.86. The molecule has 1 aromatic heterocycles. The van der Waals surface area contributed by atoms with Gasteiger partial charge in [-0.3, -0.25) is 0 Å². The van der Waals surface area contributed by atoms with Crippen LogP contribution in [0, 0.1) is 11.3 Å². The maximum Gasteiger partial charge on any atom is 0.110 e. The first-order valence-corrected chi connectivity index (χ1v) is 7.31. The van der Waals surface area contributed by atoms with E-state index >= 15 is 0 Å². The molecule has 0 unspecified atom stereocenters. The summed E-state index contributed by atoms with van der Waals surface area (Å²) in [6.45, 7) is 4.97. The van der Waals surface area contributed by atoms with Crippen molar-refractivity contribution in [1.82, 2.24) is 5.32 Å². The smallest absolute Gasteiger partial charge is 0.110 e. The average molecular weight is 291 g/mol. The van der Waals surface area contributed by atoms with Gasteiger partial charge in [-0.25, -0.2) is 0 Å². The highest BCUT2D eigenvalue weighted by Crippen LogP contribution is 2.30. The highest BCUT2D eigenvalue weighted by Gasteiger charge is 2.07. The molecule has 0 aliphatic heterocycles. The summed E-state index contributed by atoms with van der Waals surface area (Å²) in [5, 5.41) is 13.0. The van der Waals surface area contributed by atoms with Gasteiger partial charge in [-0.05, 0) is 35.4 Å². The van der Waals surface area contributed by atoms with Crippen LogP contribution in [0.3, 0.4) is 0 Å². The molecule has 2 rings (SSSR count). The van der Waals surface area contributed by atoms with E-state index in [1.165, 1.54) is 11.3 Å². The second-order valence-corrected chi connectivity index (χ2v) is 6.11. The minimum absolute atomic E-state index is 0.423. The monoisotopic (exact) mass is 290 g/mol. The van der Waals surface area contributed by atoms with Crippen LogP contribution in [0.4, 0.5) is 0 Å². The number of nitrogens with one attached hydrogen (secondary N) is 1. The molecule has 1 N–H and O–H groups in total. The van der Waals surface area contributed by atoms with Gasteiger partial charge in [0.25, 0.3) is 0 Å². The summed E-state index contributed by atoms with van der Waals surface area (Å²) < 4.78 is 0. The summed E-state index contributed by atoms with van der Waals surface area (Å²) >= 11 is 7.71. The van der Waals surface area contributed by atoms with Crippen LogP contribution in [-0.4, -0.2) is 6.04 Å². The van der Waals surface area contributed by atoms with Gasteiger partial charge in [0.1, 0.15) is 10.9 Å². The molecule has 0 radical (unpaired) electrons. The number of halogens is 1. The largest absolute Gasteiger partial charge is 0.310 e. The Bertz CT molecular complexity index is 611. The first kappa shape index (κ1) is 14.1. The van der Waals surface area contributed by atoms with Crippen LogP contribution in [0.25, 0.3) is 10.4 Å². The second kappa shape index (κ2) is 6.21. The third kappa shape index (κ3) is 3.57. The fourth-order valence-electron chi connectivity index (χ4n) is 1.73. The Morgan fingerprint density at radius 2 is 2.11 bits per heavy atom. The number of rotatable bonds is 4. The van der Waals surface area contributed by atoms with E-state index in [1.54, 1.807) is 0 Å². The minimum atomic E-state index is 0.423. The van der Waals surface area contributed by atoms with Crippen molar-refractivity contribution in [2.45, 2.75) is 26.4 Å². The van der Waals surface area contributed by atoms with Crippen molar-refractivity contribution in [3.05, 3.63) is 45.8 Å². The van der Waals surface area contributed by atoms with E-state index in [4.69, 9.17) is 16.9 Å². The molecule has 0 atom stereocenters. The molecule has 0 bridgehead atoms. The third-order valence-electron chi connectivity index (χ3n) is 2.75. The van der Waals surface area contributed by atoms with Gasteiger partial charge in [0.2, 0.25) is 0 Å². The van der Waals surface area contributed by atoms with Crippen molar-refractivity contribution in [3.63, 3.8) is 0 Å². The van der Waals surface area contributed by atoms with Gasteiger partial charge >= 0.3 is 0 Å². The number of hydrogen-bond donors (Lipinski definition) is 1. The van der Waals surface area contributed by atoms with Crippen LogP contribution in [0.2, 0.25) is 5.02 Å². The zero-order chi connectivity index (χ0) is 13.8. The molecule has 2 nitrogen and oxygen atoms in total. The Hall–Kier alpha value is -1.34. The zero-order valence-electron chi connectivity index (χ0n) is 10.9.